The highest BCUT2D eigenvalue weighted by atomic mass is 16.3. The fraction of sp³-hybridized carbons (Fsp3) is 0. The molecule has 0 unspecified atom stereocenters. The lowest BCUT2D eigenvalue weighted by Gasteiger charge is -2.10. The molecule has 5 aromatic heterocycles. The lowest BCUT2D eigenvalue weighted by molar-refractivity contribution is 0.669. The second-order valence-corrected chi connectivity index (χ2v) is 13.2. The van der Waals surface area contributed by atoms with Gasteiger partial charge >= 0.3 is 0 Å². The van der Waals surface area contributed by atoms with Gasteiger partial charge in [-0.25, -0.2) is 15.0 Å². The monoisotopic (exact) mass is 651 g/mol. The summed E-state index contributed by atoms with van der Waals surface area (Å²) in [6, 6.07) is 52.9. The summed E-state index contributed by atoms with van der Waals surface area (Å²) in [6.45, 7) is 0. The van der Waals surface area contributed by atoms with Gasteiger partial charge in [0.1, 0.15) is 11.2 Å². The van der Waals surface area contributed by atoms with Crippen LogP contribution in [0.2, 0.25) is 0 Å². The summed E-state index contributed by atoms with van der Waals surface area (Å²) in [7, 11) is 0. The molecule has 12 rings (SSSR count). The summed E-state index contributed by atoms with van der Waals surface area (Å²) in [6.07, 6.45) is 0. The zero-order valence-electron chi connectivity index (χ0n) is 27.1. The number of fused-ring (bicyclic) bond motifs is 8. The smallest absolute Gasteiger partial charge is 0.164 e. The van der Waals surface area contributed by atoms with Crippen molar-refractivity contribution in [2.75, 3.05) is 0 Å². The third-order valence-corrected chi connectivity index (χ3v) is 10.5. The number of para-hydroxylation sites is 2. The molecule has 0 amide bonds. The van der Waals surface area contributed by atoms with E-state index in [1.54, 1.807) is 0 Å². The quantitative estimate of drug-likeness (QED) is 0.191. The summed E-state index contributed by atoms with van der Waals surface area (Å²) in [5.74, 6) is 1.91. The Morgan fingerprint density at radius 2 is 0.922 bits per heavy atom. The highest BCUT2D eigenvalue weighted by Crippen LogP contribution is 2.46. The highest BCUT2D eigenvalue weighted by Gasteiger charge is 2.25. The molecule has 0 atom stereocenters. The van der Waals surface area contributed by atoms with Crippen LogP contribution in [-0.2, 0) is 0 Å². The number of nitrogens with zero attached hydrogens (tertiary/aromatic N) is 5. The van der Waals surface area contributed by atoms with Crippen molar-refractivity contribution in [2.45, 2.75) is 0 Å². The normalized spacial score (nSPS) is 12.3. The van der Waals surface area contributed by atoms with Gasteiger partial charge in [-0.1, -0.05) is 109 Å². The van der Waals surface area contributed by atoms with Gasteiger partial charge in [0, 0.05) is 38.2 Å². The van der Waals surface area contributed by atoms with Gasteiger partial charge in [0.25, 0.3) is 0 Å². The molecular formula is C45H25N5O. The molecule has 0 spiro atoms. The minimum absolute atomic E-state index is 0.632. The van der Waals surface area contributed by atoms with Gasteiger partial charge in [-0.15, -0.1) is 0 Å². The lowest BCUT2D eigenvalue weighted by Crippen LogP contribution is -2.00. The molecule has 0 N–H and O–H groups in total. The molecule has 0 aliphatic heterocycles. The maximum atomic E-state index is 6.65. The Bertz CT molecular complexity index is 3300. The molecule has 0 bridgehead atoms. The van der Waals surface area contributed by atoms with E-state index in [9.17, 15) is 0 Å². The number of hydrogen-bond donors (Lipinski definition) is 0. The largest absolute Gasteiger partial charge is 0.456 e. The van der Waals surface area contributed by atoms with Crippen LogP contribution in [0.25, 0.3) is 111 Å². The van der Waals surface area contributed by atoms with E-state index < -0.39 is 0 Å². The summed E-state index contributed by atoms with van der Waals surface area (Å²) in [5.41, 5.74) is 11.3. The second-order valence-electron chi connectivity index (χ2n) is 13.2. The average Bonchev–Trinajstić information content (AvgIpc) is 3.85. The van der Waals surface area contributed by atoms with Crippen LogP contribution in [0.15, 0.2) is 156 Å². The van der Waals surface area contributed by atoms with E-state index in [1.807, 2.05) is 60.7 Å². The Morgan fingerprint density at radius 3 is 1.71 bits per heavy atom. The van der Waals surface area contributed by atoms with Crippen molar-refractivity contribution in [3.8, 4) is 34.2 Å². The Labute approximate surface area is 289 Å². The van der Waals surface area contributed by atoms with E-state index in [2.05, 4.69) is 99.8 Å². The molecule has 0 aliphatic rings. The summed E-state index contributed by atoms with van der Waals surface area (Å²) >= 11 is 0. The molecule has 7 aromatic carbocycles. The lowest BCUT2D eigenvalue weighted by atomic mass is 10.0. The van der Waals surface area contributed by atoms with E-state index in [0.29, 0.717) is 17.5 Å². The Balaban J connectivity index is 1.31. The Hall–Kier alpha value is -7.05. The van der Waals surface area contributed by atoms with Gasteiger partial charge < -0.3 is 13.2 Å². The molecule has 6 nitrogen and oxygen atoms in total. The van der Waals surface area contributed by atoms with E-state index >= 15 is 0 Å². The second kappa shape index (κ2) is 9.77. The zero-order valence-corrected chi connectivity index (χ0v) is 27.1. The molecule has 5 heterocycles. The van der Waals surface area contributed by atoms with Crippen LogP contribution >= 0.6 is 0 Å². The van der Waals surface area contributed by atoms with Gasteiger partial charge in [0.15, 0.2) is 17.5 Å². The Kier molecular flexibility index (Phi) is 5.14. The van der Waals surface area contributed by atoms with Crippen LogP contribution in [0.4, 0.5) is 0 Å². The highest BCUT2D eigenvalue weighted by molar-refractivity contribution is 6.30. The maximum Gasteiger partial charge on any atom is 0.164 e. The number of benzene rings is 7. The first-order chi connectivity index (χ1) is 25.3. The van der Waals surface area contributed by atoms with Gasteiger partial charge in [-0.05, 0) is 42.5 Å². The molecule has 51 heavy (non-hydrogen) atoms. The van der Waals surface area contributed by atoms with Gasteiger partial charge in [0.05, 0.1) is 43.9 Å². The van der Waals surface area contributed by atoms with Crippen LogP contribution in [0.5, 0.6) is 0 Å². The summed E-state index contributed by atoms with van der Waals surface area (Å²) in [5, 5.41) is 6.85. The van der Waals surface area contributed by atoms with Crippen molar-refractivity contribution >= 4 is 76.6 Å². The van der Waals surface area contributed by atoms with Crippen molar-refractivity contribution < 1.29 is 4.42 Å². The fourth-order valence-electron chi connectivity index (χ4n) is 8.42. The number of rotatable bonds is 3. The molecule has 236 valence electrons. The third-order valence-electron chi connectivity index (χ3n) is 10.5. The molecule has 0 radical (unpaired) electrons. The summed E-state index contributed by atoms with van der Waals surface area (Å²) < 4.78 is 11.5. The van der Waals surface area contributed by atoms with Crippen molar-refractivity contribution in [3.05, 3.63) is 152 Å². The van der Waals surface area contributed by atoms with Crippen molar-refractivity contribution in [1.82, 2.24) is 23.8 Å². The number of hydrogen-bond acceptors (Lipinski definition) is 4. The molecule has 0 aliphatic carbocycles. The van der Waals surface area contributed by atoms with Gasteiger partial charge in [-0.2, -0.15) is 0 Å². The molecule has 0 fully saturated rings. The predicted octanol–water partition coefficient (Wildman–Crippen LogP) is 11.3. The predicted molar refractivity (Wildman–Crippen MR) is 207 cm³/mol. The molecule has 0 saturated carbocycles. The Morgan fingerprint density at radius 1 is 0.353 bits per heavy atom. The minimum Gasteiger partial charge on any atom is -0.456 e. The molecular weight excluding hydrogens is 627 g/mol. The summed E-state index contributed by atoms with van der Waals surface area (Å²) in [4.78, 5) is 15.3. The van der Waals surface area contributed by atoms with Crippen LogP contribution in [0.1, 0.15) is 0 Å². The van der Waals surface area contributed by atoms with Crippen LogP contribution < -0.4 is 0 Å². The van der Waals surface area contributed by atoms with Crippen LogP contribution in [-0.4, -0.2) is 23.8 Å². The standard InChI is InChI=1S/C45H25N5O/c1-3-12-26(13-4-1)43-46-44(27-14-5-2-6-15-27)48-45(47-43)31-18-10-20-33-38(31)30-24-25-37-40-39-34(21-11-23-36(39)51-37)49-32-19-8-7-16-28(32)29-17-9-22-35(41(29)49)50(33)42(30)40/h1-25H. The zero-order chi connectivity index (χ0) is 33.2. The van der Waals surface area contributed by atoms with Crippen molar-refractivity contribution in [3.63, 3.8) is 0 Å². The molecule has 6 heteroatoms. The van der Waals surface area contributed by atoms with Crippen molar-refractivity contribution in [1.29, 1.82) is 0 Å². The number of aromatic nitrogens is 5. The van der Waals surface area contributed by atoms with Gasteiger partial charge in [0.2, 0.25) is 0 Å². The van der Waals surface area contributed by atoms with E-state index in [1.165, 1.54) is 16.3 Å². The average molecular weight is 652 g/mol. The van der Waals surface area contributed by atoms with Crippen LogP contribution in [0.3, 0.4) is 0 Å². The van der Waals surface area contributed by atoms with Crippen LogP contribution in [0, 0.1) is 0 Å². The maximum absolute atomic E-state index is 6.65. The van der Waals surface area contributed by atoms with Crippen molar-refractivity contribution in [2.24, 2.45) is 0 Å². The first kappa shape index (κ1) is 26.9. The number of furan rings is 1. The topological polar surface area (TPSA) is 60.6 Å². The van der Waals surface area contributed by atoms with E-state index in [-0.39, 0.29) is 0 Å². The fourth-order valence-corrected chi connectivity index (χ4v) is 8.42. The third kappa shape index (κ3) is 3.52. The minimum atomic E-state index is 0.632. The van der Waals surface area contributed by atoms with Gasteiger partial charge in [-0.3, -0.25) is 0 Å². The SMILES string of the molecule is c1ccc(-c2nc(-c3ccccc3)nc(-c3cccc4c3c3ccc5oc6cccc7c6c5c3n4c3cccc4c5ccccc5n7c43)n2)cc1. The first-order valence-corrected chi connectivity index (χ1v) is 17.1. The van der Waals surface area contributed by atoms with E-state index in [4.69, 9.17) is 19.4 Å². The molecule has 12 aromatic rings. The first-order valence-electron chi connectivity index (χ1n) is 17.1. The molecule has 0 saturated heterocycles. The van der Waals surface area contributed by atoms with E-state index in [0.717, 1.165) is 77.0 Å².